The van der Waals surface area contributed by atoms with Gasteiger partial charge in [-0.15, -0.1) is 13.1 Å². The monoisotopic (exact) mass is 326 g/mol. The minimum absolute atomic E-state index is 0.0368. The van der Waals surface area contributed by atoms with Crippen LogP contribution in [0.25, 0.3) is 11.2 Å². The molecule has 7 nitrogen and oxygen atoms in total. The molecule has 9 heteroatoms. The molecule has 2 aromatic heterocycles. The first kappa shape index (κ1) is 13.6. The Morgan fingerprint density at radius 3 is 3.00 bits per heavy atom. The molecule has 0 amide bonds. The van der Waals surface area contributed by atoms with Gasteiger partial charge in [0.15, 0.2) is 10.8 Å². The van der Waals surface area contributed by atoms with Crippen molar-refractivity contribution in [3.63, 3.8) is 0 Å². The van der Waals surface area contributed by atoms with Crippen molar-refractivity contribution in [2.24, 2.45) is 0 Å². The fourth-order valence-electron chi connectivity index (χ4n) is 2.86. The van der Waals surface area contributed by atoms with Gasteiger partial charge in [0, 0.05) is 13.0 Å². The second-order valence-corrected chi connectivity index (χ2v) is 9.40. The van der Waals surface area contributed by atoms with E-state index in [1.165, 1.54) is 6.33 Å². The van der Waals surface area contributed by atoms with Gasteiger partial charge in [-0.1, -0.05) is 11.6 Å². The van der Waals surface area contributed by atoms with Gasteiger partial charge in [0.2, 0.25) is 0 Å². The lowest BCUT2D eigenvalue weighted by molar-refractivity contribution is -0.0680. The van der Waals surface area contributed by atoms with E-state index in [0.717, 1.165) is 6.42 Å². The van der Waals surface area contributed by atoms with Crippen molar-refractivity contribution < 1.29 is 13.6 Å². The third-order valence-electron chi connectivity index (χ3n) is 3.84. The first-order valence-electron chi connectivity index (χ1n) is 6.84. The molecule has 0 radical (unpaired) electrons. The predicted molar refractivity (Wildman–Crippen MR) is 77.2 cm³/mol. The van der Waals surface area contributed by atoms with Crippen molar-refractivity contribution in [3.8, 4) is 0 Å². The summed E-state index contributed by atoms with van der Waals surface area (Å²) in [6.45, 7) is 4.69. The maximum atomic E-state index is 6.06. The van der Waals surface area contributed by atoms with Crippen LogP contribution < -0.4 is 0 Å². The summed E-state index contributed by atoms with van der Waals surface area (Å²) in [5, 5.41) is 0.349. The number of halogens is 1. The molecule has 0 aromatic carbocycles. The van der Waals surface area contributed by atoms with E-state index in [4.69, 9.17) is 25.2 Å². The number of aromatic nitrogens is 4. The van der Waals surface area contributed by atoms with Crippen LogP contribution in [0, 0.1) is 0 Å². The highest BCUT2D eigenvalue weighted by molar-refractivity contribution is 6.64. The minimum Gasteiger partial charge on any atom is -0.543 e. The third-order valence-corrected chi connectivity index (χ3v) is 5.84. The molecule has 3 atom stereocenters. The molecule has 2 fully saturated rings. The molecule has 2 aromatic rings. The van der Waals surface area contributed by atoms with Gasteiger partial charge in [-0.3, -0.25) is 4.57 Å². The van der Waals surface area contributed by atoms with Gasteiger partial charge in [0.25, 0.3) is 0 Å². The van der Waals surface area contributed by atoms with Crippen LogP contribution in [0.3, 0.4) is 0 Å². The lowest BCUT2D eigenvalue weighted by atomic mass is 10.2. The molecule has 0 spiro atoms. The fraction of sp³-hybridized carbons (Fsp3) is 0.583. The van der Waals surface area contributed by atoms with E-state index in [-0.39, 0.29) is 18.4 Å². The summed E-state index contributed by atoms with van der Waals surface area (Å²) in [5.41, 5.74) is 1.26. The molecular formula is C12H15ClN4O3Si-. The summed E-state index contributed by atoms with van der Waals surface area (Å²) in [6.07, 6.45) is 3.75. The summed E-state index contributed by atoms with van der Waals surface area (Å²) in [7, 11) is -2.00. The van der Waals surface area contributed by atoms with Gasteiger partial charge >= 0.3 is 0 Å². The lowest BCUT2D eigenvalue weighted by Crippen LogP contribution is -2.50. The molecular weight excluding hydrogens is 312 g/mol. The summed E-state index contributed by atoms with van der Waals surface area (Å²) < 4.78 is 19.8. The van der Waals surface area contributed by atoms with Crippen molar-refractivity contribution in [3.05, 3.63) is 17.8 Å². The SMILES string of the molecule is C[Si-]1(C)OC[C@H]2OC(n3cnc4c(Cl)ncnc43)C[C@@H]2O1. The Balaban J connectivity index is 1.64. The Morgan fingerprint density at radius 1 is 1.29 bits per heavy atom. The normalized spacial score (nSPS) is 31.5. The second-order valence-electron chi connectivity index (χ2n) is 5.72. The largest absolute Gasteiger partial charge is 0.543 e. The molecule has 21 heavy (non-hydrogen) atoms. The molecule has 0 bridgehead atoms. The number of ether oxygens (including phenoxy) is 1. The van der Waals surface area contributed by atoms with E-state index >= 15 is 0 Å². The Bertz CT molecular complexity index is 694. The maximum Gasteiger partial charge on any atom is 0.166 e. The highest BCUT2D eigenvalue weighted by Gasteiger charge is 2.40. The van der Waals surface area contributed by atoms with E-state index in [2.05, 4.69) is 28.0 Å². The Hall–Kier alpha value is -1.06. The van der Waals surface area contributed by atoms with Crippen molar-refractivity contribution >= 4 is 31.3 Å². The van der Waals surface area contributed by atoms with Gasteiger partial charge in [-0.25, -0.2) is 15.0 Å². The Labute approximate surface area is 127 Å². The average Bonchev–Trinajstić information content (AvgIpc) is 3.01. The van der Waals surface area contributed by atoms with Crippen LogP contribution in [0.5, 0.6) is 0 Å². The Morgan fingerprint density at radius 2 is 2.14 bits per heavy atom. The lowest BCUT2D eigenvalue weighted by Gasteiger charge is -2.46. The number of hydrogen-bond acceptors (Lipinski definition) is 6. The van der Waals surface area contributed by atoms with Gasteiger partial charge in [-0.05, 0) is 0 Å². The number of imidazole rings is 1. The van der Waals surface area contributed by atoms with Crippen molar-refractivity contribution in [1.82, 2.24) is 19.5 Å². The van der Waals surface area contributed by atoms with E-state index in [9.17, 15) is 0 Å². The summed E-state index contributed by atoms with van der Waals surface area (Å²) in [6, 6.07) is 0. The van der Waals surface area contributed by atoms with Crippen LogP contribution in [0.2, 0.25) is 18.2 Å². The first-order valence-corrected chi connectivity index (χ1v) is 10.0. The van der Waals surface area contributed by atoms with Crippen molar-refractivity contribution in [1.29, 1.82) is 0 Å². The van der Waals surface area contributed by atoms with Crippen LogP contribution in [0.4, 0.5) is 0 Å². The van der Waals surface area contributed by atoms with Gasteiger partial charge in [0.1, 0.15) is 32.7 Å². The zero-order chi connectivity index (χ0) is 14.6. The third kappa shape index (κ3) is 2.27. The number of fused-ring (bicyclic) bond motifs is 2. The quantitative estimate of drug-likeness (QED) is 0.588. The summed E-state index contributed by atoms with van der Waals surface area (Å²) in [4.78, 5) is 12.5. The predicted octanol–water partition coefficient (Wildman–Crippen LogP) is 1.88. The Kier molecular flexibility index (Phi) is 3.05. The molecule has 2 aliphatic heterocycles. The topological polar surface area (TPSA) is 71.3 Å². The summed E-state index contributed by atoms with van der Waals surface area (Å²) >= 11 is 6.03. The molecule has 4 rings (SSSR count). The standard InChI is InChI=1S/C12H15ClN4O3Si/c1-21(2)18-4-8-7(20-21)3-9(19-8)17-6-16-10-11(13)14-5-15-12(10)17/h5-9H,3-4H2,1-2H3/q-1/t7-,8+,9?/m0/s1. The molecule has 0 N–H and O–H groups in total. The number of nitrogens with zero attached hydrogens (tertiary/aromatic N) is 4. The second kappa shape index (κ2) is 4.72. The highest BCUT2D eigenvalue weighted by Crippen LogP contribution is 2.37. The zero-order valence-electron chi connectivity index (χ0n) is 11.7. The first-order chi connectivity index (χ1) is 10.0. The molecule has 113 valence electrons. The van der Waals surface area contributed by atoms with Crippen LogP contribution in [-0.4, -0.2) is 46.9 Å². The van der Waals surface area contributed by atoms with Crippen LogP contribution in [-0.2, 0) is 13.6 Å². The van der Waals surface area contributed by atoms with Gasteiger partial charge in [0.05, 0.1) is 12.4 Å². The molecule has 1 unspecified atom stereocenters. The van der Waals surface area contributed by atoms with Crippen molar-refractivity contribution in [2.45, 2.75) is 38.0 Å². The van der Waals surface area contributed by atoms with E-state index in [0.29, 0.717) is 22.9 Å². The maximum absolute atomic E-state index is 6.06. The molecule has 2 saturated heterocycles. The number of rotatable bonds is 1. The van der Waals surface area contributed by atoms with Crippen molar-refractivity contribution in [2.75, 3.05) is 6.61 Å². The average molecular weight is 327 g/mol. The van der Waals surface area contributed by atoms with Crippen LogP contribution >= 0.6 is 11.6 Å². The van der Waals surface area contributed by atoms with E-state index in [1.807, 2.05) is 4.57 Å². The highest BCUT2D eigenvalue weighted by atomic mass is 35.5. The molecule has 0 saturated carbocycles. The zero-order valence-corrected chi connectivity index (χ0v) is 13.4. The molecule has 4 heterocycles. The van der Waals surface area contributed by atoms with Gasteiger partial charge in [-0.2, -0.15) is 0 Å². The van der Waals surface area contributed by atoms with Crippen LogP contribution in [0.15, 0.2) is 12.7 Å². The fourth-order valence-corrected chi connectivity index (χ4v) is 4.65. The van der Waals surface area contributed by atoms with E-state index in [1.54, 1.807) is 6.33 Å². The minimum atomic E-state index is -2.00. The smallest absolute Gasteiger partial charge is 0.166 e. The molecule has 0 aliphatic carbocycles. The van der Waals surface area contributed by atoms with E-state index < -0.39 is 8.56 Å². The molecule has 2 aliphatic rings. The van der Waals surface area contributed by atoms with Gasteiger partial charge < -0.3 is 13.6 Å². The van der Waals surface area contributed by atoms with Crippen LogP contribution in [0.1, 0.15) is 12.6 Å². The number of hydrogen-bond donors (Lipinski definition) is 0. The summed E-state index contributed by atoms with van der Waals surface area (Å²) in [5.74, 6) is 0.